The van der Waals surface area contributed by atoms with Crippen molar-refractivity contribution in [3.8, 4) is 5.75 Å². The minimum Gasteiger partial charge on any atom is -0.427 e. The summed E-state index contributed by atoms with van der Waals surface area (Å²) in [6, 6.07) is 12.9. The number of carbonyl (C=O) groups excluding carboxylic acids is 3. The summed E-state index contributed by atoms with van der Waals surface area (Å²) < 4.78 is 4.93. The van der Waals surface area contributed by atoms with Gasteiger partial charge in [-0.1, -0.05) is 23.7 Å². The first-order valence-electron chi connectivity index (χ1n) is 7.56. The van der Waals surface area contributed by atoms with E-state index >= 15 is 0 Å². The molecule has 2 aromatic rings. The van der Waals surface area contributed by atoms with E-state index in [4.69, 9.17) is 16.3 Å². The van der Waals surface area contributed by atoms with Crippen molar-refractivity contribution in [2.45, 2.75) is 6.92 Å². The van der Waals surface area contributed by atoms with Crippen molar-refractivity contribution >= 4 is 29.4 Å². The number of ether oxygens (including phenoxy) is 1. The first kappa shape index (κ1) is 18.5. The fraction of sp³-hybridized carbons (Fsp3) is 0.167. The lowest BCUT2D eigenvalue weighted by molar-refractivity contribution is -0.131. The summed E-state index contributed by atoms with van der Waals surface area (Å²) in [6.45, 7) is 1.80. The maximum atomic E-state index is 12.1. The van der Waals surface area contributed by atoms with Gasteiger partial charge in [-0.05, 0) is 36.4 Å². The van der Waals surface area contributed by atoms with Gasteiger partial charge in [0, 0.05) is 36.2 Å². The molecule has 0 aliphatic carbocycles. The van der Waals surface area contributed by atoms with Gasteiger partial charge in [0.25, 0.3) is 11.8 Å². The summed E-state index contributed by atoms with van der Waals surface area (Å²) in [5.74, 6) is -0.754. The third-order valence-corrected chi connectivity index (χ3v) is 3.38. The number of amides is 2. The molecule has 0 saturated heterocycles. The highest BCUT2D eigenvalue weighted by molar-refractivity contribution is 6.30. The molecule has 0 aliphatic heterocycles. The first-order chi connectivity index (χ1) is 12.0. The molecule has 0 saturated carbocycles. The standard InChI is InChI=1S/C18H17ClN2O4/c1-12(22)25-16-7-3-5-14(11-16)18(24)21-9-8-20-17(23)13-4-2-6-15(19)10-13/h2-7,10-11H,8-9H2,1H3,(H,20,23)(H,21,24). The lowest BCUT2D eigenvalue weighted by Crippen LogP contribution is -2.34. The second-order valence-electron chi connectivity index (χ2n) is 5.14. The predicted octanol–water partition coefficient (Wildman–Crippen LogP) is 2.43. The van der Waals surface area contributed by atoms with Crippen LogP contribution in [0.15, 0.2) is 48.5 Å². The number of nitrogens with one attached hydrogen (secondary N) is 2. The minimum atomic E-state index is -0.457. The molecule has 0 bridgehead atoms. The summed E-state index contributed by atoms with van der Waals surface area (Å²) in [5, 5.41) is 5.85. The number of benzene rings is 2. The van der Waals surface area contributed by atoms with Crippen molar-refractivity contribution < 1.29 is 19.1 Å². The molecule has 2 amide bonds. The van der Waals surface area contributed by atoms with Crippen LogP contribution in [0.1, 0.15) is 27.6 Å². The van der Waals surface area contributed by atoms with E-state index in [2.05, 4.69) is 10.6 Å². The van der Waals surface area contributed by atoms with Crippen molar-refractivity contribution in [3.63, 3.8) is 0 Å². The van der Waals surface area contributed by atoms with Crippen LogP contribution in [0.2, 0.25) is 5.02 Å². The van der Waals surface area contributed by atoms with Gasteiger partial charge in [-0.2, -0.15) is 0 Å². The summed E-state index contributed by atoms with van der Waals surface area (Å²) in [4.78, 5) is 34.9. The highest BCUT2D eigenvalue weighted by Crippen LogP contribution is 2.13. The average Bonchev–Trinajstić information content (AvgIpc) is 2.58. The molecule has 0 spiro atoms. The van der Waals surface area contributed by atoms with Gasteiger partial charge in [0.1, 0.15) is 5.75 Å². The van der Waals surface area contributed by atoms with Crippen molar-refractivity contribution in [1.29, 1.82) is 0 Å². The Balaban J connectivity index is 1.80. The molecule has 0 radical (unpaired) electrons. The molecule has 130 valence electrons. The second kappa shape index (κ2) is 8.84. The monoisotopic (exact) mass is 360 g/mol. The zero-order chi connectivity index (χ0) is 18.2. The molecule has 0 aliphatic rings. The van der Waals surface area contributed by atoms with Crippen LogP contribution in [0.5, 0.6) is 5.75 Å². The number of rotatable bonds is 6. The van der Waals surface area contributed by atoms with Gasteiger partial charge in [0.15, 0.2) is 0 Å². The third-order valence-electron chi connectivity index (χ3n) is 3.14. The summed E-state index contributed by atoms with van der Waals surface area (Å²) in [7, 11) is 0. The minimum absolute atomic E-state index is 0.253. The highest BCUT2D eigenvalue weighted by Gasteiger charge is 2.08. The van der Waals surface area contributed by atoms with Crippen LogP contribution in [0.3, 0.4) is 0 Å². The fourth-order valence-corrected chi connectivity index (χ4v) is 2.24. The molecule has 0 atom stereocenters. The van der Waals surface area contributed by atoms with Gasteiger partial charge >= 0.3 is 5.97 Å². The molecular weight excluding hydrogens is 344 g/mol. The first-order valence-corrected chi connectivity index (χ1v) is 7.94. The van der Waals surface area contributed by atoms with Crippen molar-refractivity contribution in [2.75, 3.05) is 13.1 Å². The van der Waals surface area contributed by atoms with E-state index < -0.39 is 5.97 Å². The Labute approximate surface area is 150 Å². The zero-order valence-electron chi connectivity index (χ0n) is 13.5. The number of hydrogen-bond acceptors (Lipinski definition) is 4. The Bertz CT molecular complexity index is 792. The smallest absolute Gasteiger partial charge is 0.308 e. The van der Waals surface area contributed by atoms with Crippen molar-refractivity contribution in [3.05, 3.63) is 64.7 Å². The van der Waals surface area contributed by atoms with Crippen LogP contribution < -0.4 is 15.4 Å². The van der Waals surface area contributed by atoms with Crippen molar-refractivity contribution in [2.24, 2.45) is 0 Å². The number of halogens is 1. The number of esters is 1. The van der Waals surface area contributed by atoms with Gasteiger partial charge in [0.05, 0.1) is 0 Å². The van der Waals surface area contributed by atoms with Gasteiger partial charge < -0.3 is 15.4 Å². The Morgan fingerprint density at radius 2 is 1.48 bits per heavy atom. The van der Waals surface area contributed by atoms with Gasteiger partial charge in [0.2, 0.25) is 0 Å². The van der Waals surface area contributed by atoms with E-state index in [0.29, 0.717) is 21.9 Å². The second-order valence-corrected chi connectivity index (χ2v) is 5.58. The topological polar surface area (TPSA) is 84.5 Å². The van der Waals surface area contributed by atoms with Gasteiger partial charge in [-0.25, -0.2) is 0 Å². The van der Waals surface area contributed by atoms with Gasteiger partial charge in [-0.3, -0.25) is 14.4 Å². The molecule has 0 fully saturated rings. The zero-order valence-corrected chi connectivity index (χ0v) is 14.3. The highest BCUT2D eigenvalue weighted by atomic mass is 35.5. The normalized spacial score (nSPS) is 10.0. The average molecular weight is 361 g/mol. The molecule has 25 heavy (non-hydrogen) atoms. The predicted molar refractivity (Wildman–Crippen MR) is 93.9 cm³/mol. The van der Waals surface area contributed by atoms with Crippen LogP contribution in [0.25, 0.3) is 0 Å². The Kier molecular flexibility index (Phi) is 6.54. The third kappa shape index (κ3) is 5.93. The van der Waals surface area contributed by atoms with E-state index in [1.807, 2.05) is 0 Å². The maximum absolute atomic E-state index is 12.1. The Hall–Kier alpha value is -2.86. The number of hydrogen-bond donors (Lipinski definition) is 2. The lowest BCUT2D eigenvalue weighted by Gasteiger charge is -2.08. The van der Waals surface area contributed by atoms with Crippen molar-refractivity contribution in [1.82, 2.24) is 10.6 Å². The molecule has 2 N–H and O–H groups in total. The van der Waals surface area contributed by atoms with E-state index in [1.54, 1.807) is 42.5 Å². The van der Waals surface area contributed by atoms with Crippen LogP contribution in [0.4, 0.5) is 0 Å². The van der Waals surface area contributed by atoms with E-state index in [1.165, 1.54) is 13.0 Å². The van der Waals surface area contributed by atoms with Crippen LogP contribution in [-0.2, 0) is 4.79 Å². The fourth-order valence-electron chi connectivity index (χ4n) is 2.05. The molecule has 0 aromatic heterocycles. The molecule has 0 heterocycles. The lowest BCUT2D eigenvalue weighted by atomic mass is 10.2. The molecule has 6 nitrogen and oxygen atoms in total. The largest absolute Gasteiger partial charge is 0.427 e. The summed E-state index contributed by atoms with van der Waals surface area (Å²) in [5.41, 5.74) is 0.813. The molecule has 7 heteroatoms. The summed E-state index contributed by atoms with van der Waals surface area (Å²) >= 11 is 5.84. The Morgan fingerprint density at radius 3 is 2.04 bits per heavy atom. The van der Waals surface area contributed by atoms with E-state index in [0.717, 1.165) is 0 Å². The van der Waals surface area contributed by atoms with Crippen LogP contribution >= 0.6 is 11.6 Å². The van der Waals surface area contributed by atoms with E-state index in [-0.39, 0.29) is 24.9 Å². The van der Waals surface area contributed by atoms with Crippen LogP contribution in [-0.4, -0.2) is 30.9 Å². The molecular formula is C18H17ClN2O4. The maximum Gasteiger partial charge on any atom is 0.308 e. The number of carbonyl (C=O) groups is 3. The Morgan fingerprint density at radius 1 is 0.920 bits per heavy atom. The molecule has 0 unspecified atom stereocenters. The van der Waals surface area contributed by atoms with E-state index in [9.17, 15) is 14.4 Å². The summed E-state index contributed by atoms with van der Waals surface area (Å²) in [6.07, 6.45) is 0. The quantitative estimate of drug-likeness (QED) is 0.470. The SMILES string of the molecule is CC(=O)Oc1cccc(C(=O)NCCNC(=O)c2cccc(Cl)c2)c1. The molecule has 2 rings (SSSR count). The van der Waals surface area contributed by atoms with Crippen LogP contribution in [0, 0.1) is 0 Å². The van der Waals surface area contributed by atoms with Gasteiger partial charge in [-0.15, -0.1) is 0 Å². The molecule has 2 aromatic carbocycles.